The van der Waals surface area contributed by atoms with Crippen molar-refractivity contribution in [1.29, 1.82) is 0 Å². The highest BCUT2D eigenvalue weighted by molar-refractivity contribution is 5.74. The maximum absolute atomic E-state index is 11.6. The molecule has 0 saturated carbocycles. The summed E-state index contributed by atoms with van der Waals surface area (Å²) in [7, 11) is 0. The maximum Gasteiger partial charge on any atom is 0.328 e. The predicted octanol–water partition coefficient (Wildman–Crippen LogP) is 2.21. The molecule has 2 rings (SSSR count). The highest BCUT2D eigenvalue weighted by atomic mass is 16.4. The Kier molecular flexibility index (Phi) is 5.20. The van der Waals surface area contributed by atoms with Crippen LogP contribution in [0.25, 0.3) is 0 Å². The third-order valence-electron chi connectivity index (χ3n) is 4.03. The number of hydrogen-bond acceptors (Lipinski definition) is 4. The van der Waals surface area contributed by atoms with Crippen LogP contribution in [0.15, 0.2) is 22.8 Å². The quantitative estimate of drug-likeness (QED) is 0.866. The summed E-state index contributed by atoms with van der Waals surface area (Å²) in [5.41, 5.74) is 0. The van der Waals surface area contributed by atoms with E-state index in [0.29, 0.717) is 11.8 Å². The molecule has 1 aromatic heterocycles. The van der Waals surface area contributed by atoms with Crippen molar-refractivity contribution in [3.05, 3.63) is 24.2 Å². The summed E-state index contributed by atoms with van der Waals surface area (Å²) in [6.45, 7) is 7.92. The van der Waals surface area contributed by atoms with Gasteiger partial charge in [-0.2, -0.15) is 0 Å². The Morgan fingerprint density at radius 3 is 2.85 bits per heavy atom. The van der Waals surface area contributed by atoms with Crippen LogP contribution in [0.1, 0.15) is 38.5 Å². The van der Waals surface area contributed by atoms with E-state index >= 15 is 0 Å². The van der Waals surface area contributed by atoms with Crippen molar-refractivity contribution in [3.8, 4) is 0 Å². The van der Waals surface area contributed by atoms with Crippen LogP contribution in [0.5, 0.6) is 0 Å². The molecule has 0 radical (unpaired) electrons. The molecule has 1 aromatic rings. The molecule has 2 unspecified atom stereocenters. The molecule has 5 heteroatoms. The first-order valence-corrected chi connectivity index (χ1v) is 7.41. The van der Waals surface area contributed by atoms with Gasteiger partial charge in [0.15, 0.2) is 6.04 Å². The van der Waals surface area contributed by atoms with Crippen molar-refractivity contribution < 1.29 is 14.3 Å². The molecular weight excluding hydrogens is 256 g/mol. The Morgan fingerprint density at radius 2 is 2.30 bits per heavy atom. The first-order chi connectivity index (χ1) is 9.67. The second-order valence-corrected chi connectivity index (χ2v) is 5.35. The number of carbonyl (C=O) groups is 1. The lowest BCUT2D eigenvalue weighted by Gasteiger charge is -2.42. The Bertz CT molecular complexity index is 419. The van der Waals surface area contributed by atoms with Crippen LogP contribution in [0.3, 0.4) is 0 Å². The molecule has 0 aliphatic carbocycles. The van der Waals surface area contributed by atoms with Crippen molar-refractivity contribution in [2.75, 3.05) is 26.2 Å². The summed E-state index contributed by atoms with van der Waals surface area (Å²) >= 11 is 0. The lowest BCUT2D eigenvalue weighted by molar-refractivity contribution is -0.145. The summed E-state index contributed by atoms with van der Waals surface area (Å²) in [6, 6.07) is 3.26. The Morgan fingerprint density at radius 1 is 1.50 bits per heavy atom. The van der Waals surface area contributed by atoms with Gasteiger partial charge < -0.3 is 9.52 Å². The minimum atomic E-state index is -0.834. The standard InChI is InChI=1S/C15H24N2O3/c1-3-7-16-8-9-17(11-12(16)4-2)14(15(18)19)13-6-5-10-20-13/h5-6,10,12,14H,3-4,7-9,11H2,1-2H3,(H,18,19). The third-order valence-corrected chi connectivity index (χ3v) is 4.03. The average molecular weight is 280 g/mol. The van der Waals surface area contributed by atoms with Gasteiger partial charge in [0.25, 0.3) is 0 Å². The van der Waals surface area contributed by atoms with Crippen LogP contribution in [0, 0.1) is 0 Å². The molecule has 1 N–H and O–H groups in total. The molecule has 0 spiro atoms. The fourth-order valence-corrected chi connectivity index (χ4v) is 3.02. The smallest absolute Gasteiger partial charge is 0.328 e. The highest BCUT2D eigenvalue weighted by Crippen LogP contribution is 2.25. The Labute approximate surface area is 120 Å². The van der Waals surface area contributed by atoms with Gasteiger partial charge in [-0.3, -0.25) is 14.6 Å². The number of aliphatic carboxylic acids is 1. The van der Waals surface area contributed by atoms with Gasteiger partial charge in [0.1, 0.15) is 5.76 Å². The predicted molar refractivity (Wildman–Crippen MR) is 76.6 cm³/mol. The van der Waals surface area contributed by atoms with E-state index < -0.39 is 12.0 Å². The number of nitrogens with zero attached hydrogens (tertiary/aromatic N) is 2. The average Bonchev–Trinajstić information content (AvgIpc) is 2.94. The van der Waals surface area contributed by atoms with Crippen molar-refractivity contribution in [3.63, 3.8) is 0 Å². The molecule has 1 aliphatic rings. The van der Waals surface area contributed by atoms with Gasteiger partial charge in [-0.15, -0.1) is 0 Å². The van der Waals surface area contributed by atoms with Crippen molar-refractivity contribution >= 4 is 5.97 Å². The molecule has 0 bridgehead atoms. The first-order valence-electron chi connectivity index (χ1n) is 7.41. The molecule has 0 amide bonds. The summed E-state index contributed by atoms with van der Waals surface area (Å²) in [5.74, 6) is -0.310. The van der Waals surface area contributed by atoms with E-state index in [4.69, 9.17) is 4.42 Å². The monoisotopic (exact) mass is 280 g/mol. The highest BCUT2D eigenvalue weighted by Gasteiger charge is 2.35. The molecule has 2 heterocycles. The Hall–Kier alpha value is -1.33. The lowest BCUT2D eigenvalue weighted by Crippen LogP contribution is -2.54. The van der Waals surface area contributed by atoms with Crippen LogP contribution < -0.4 is 0 Å². The second-order valence-electron chi connectivity index (χ2n) is 5.35. The minimum Gasteiger partial charge on any atom is -0.480 e. The SMILES string of the molecule is CCCN1CCN(C(C(=O)O)c2ccco2)CC1CC. The van der Waals surface area contributed by atoms with Gasteiger partial charge in [-0.05, 0) is 31.5 Å². The minimum absolute atomic E-state index is 0.431. The van der Waals surface area contributed by atoms with E-state index in [9.17, 15) is 9.90 Å². The molecule has 5 nitrogen and oxygen atoms in total. The van der Waals surface area contributed by atoms with E-state index in [2.05, 4.69) is 18.7 Å². The van der Waals surface area contributed by atoms with E-state index in [0.717, 1.165) is 39.0 Å². The van der Waals surface area contributed by atoms with Gasteiger partial charge in [-0.1, -0.05) is 13.8 Å². The molecule has 1 saturated heterocycles. The van der Waals surface area contributed by atoms with Crippen molar-refractivity contribution in [2.24, 2.45) is 0 Å². The van der Waals surface area contributed by atoms with E-state index in [-0.39, 0.29) is 0 Å². The van der Waals surface area contributed by atoms with Gasteiger partial charge in [0.2, 0.25) is 0 Å². The summed E-state index contributed by atoms with van der Waals surface area (Å²) in [5, 5.41) is 9.51. The number of rotatable bonds is 6. The molecule has 0 aromatic carbocycles. The first kappa shape index (κ1) is 15.1. The summed E-state index contributed by atoms with van der Waals surface area (Å²) < 4.78 is 5.32. The number of furan rings is 1. The van der Waals surface area contributed by atoms with Gasteiger partial charge in [0, 0.05) is 25.7 Å². The Balaban J connectivity index is 2.10. The fourth-order valence-electron chi connectivity index (χ4n) is 3.02. The molecular formula is C15H24N2O3. The number of piperazine rings is 1. The number of carboxylic acid groups (broad SMARTS) is 1. The van der Waals surface area contributed by atoms with Crippen molar-refractivity contribution in [1.82, 2.24) is 9.80 Å². The van der Waals surface area contributed by atoms with Crippen LogP contribution >= 0.6 is 0 Å². The normalized spacial score (nSPS) is 22.8. The van der Waals surface area contributed by atoms with E-state index in [1.807, 2.05) is 4.90 Å². The molecule has 1 fully saturated rings. The molecule has 20 heavy (non-hydrogen) atoms. The maximum atomic E-state index is 11.6. The number of carboxylic acids is 1. The van der Waals surface area contributed by atoms with Gasteiger partial charge >= 0.3 is 5.97 Å². The molecule has 2 atom stereocenters. The molecule has 1 aliphatic heterocycles. The zero-order chi connectivity index (χ0) is 14.5. The van der Waals surface area contributed by atoms with Crippen LogP contribution in [-0.2, 0) is 4.79 Å². The van der Waals surface area contributed by atoms with Crippen LogP contribution in [-0.4, -0.2) is 53.1 Å². The van der Waals surface area contributed by atoms with E-state index in [1.54, 1.807) is 12.1 Å². The fraction of sp³-hybridized carbons (Fsp3) is 0.667. The van der Waals surface area contributed by atoms with Crippen LogP contribution in [0.4, 0.5) is 0 Å². The zero-order valence-corrected chi connectivity index (χ0v) is 12.3. The molecule has 112 valence electrons. The van der Waals surface area contributed by atoms with Gasteiger partial charge in [0.05, 0.1) is 6.26 Å². The summed E-state index contributed by atoms with van der Waals surface area (Å²) in [4.78, 5) is 16.1. The van der Waals surface area contributed by atoms with E-state index in [1.165, 1.54) is 6.26 Å². The van der Waals surface area contributed by atoms with Gasteiger partial charge in [-0.25, -0.2) is 0 Å². The zero-order valence-electron chi connectivity index (χ0n) is 12.3. The second kappa shape index (κ2) is 6.90. The van der Waals surface area contributed by atoms with Crippen LogP contribution in [0.2, 0.25) is 0 Å². The summed E-state index contributed by atoms with van der Waals surface area (Å²) in [6.07, 6.45) is 3.72. The van der Waals surface area contributed by atoms with Crippen molar-refractivity contribution in [2.45, 2.75) is 38.8 Å². The number of hydrogen-bond donors (Lipinski definition) is 1. The third kappa shape index (κ3) is 3.22. The lowest BCUT2D eigenvalue weighted by atomic mass is 10.1. The largest absolute Gasteiger partial charge is 0.480 e. The topological polar surface area (TPSA) is 56.9 Å².